The molecule has 3 rings (SSSR count). The van der Waals surface area contributed by atoms with Gasteiger partial charge in [-0.05, 0) is 25.1 Å². The summed E-state index contributed by atoms with van der Waals surface area (Å²) in [6.07, 6.45) is 1.23. The summed E-state index contributed by atoms with van der Waals surface area (Å²) in [5, 5.41) is 13.3. The summed E-state index contributed by atoms with van der Waals surface area (Å²) >= 11 is 5.93. The Morgan fingerprint density at radius 2 is 2.07 bits per heavy atom. The number of fused-ring (bicyclic) bond motifs is 1. The number of nitro benzene ring substituents is 1. The molecular formula is C19H14ClN3O6. The fraction of sp³-hybridized carbons (Fsp3) is 0.105. The standard InChI is InChI=1S/C19H14ClN3O6/c1-11(19(25)22-15-10-12(23(26)27)6-7-13(15)20)28-18(24)9-8-17-21-14-4-2-3-5-16(14)29-17/h2-11H,1H3,(H,22,25). The number of nitro groups is 1. The molecule has 0 spiro atoms. The average molecular weight is 416 g/mol. The zero-order valence-electron chi connectivity index (χ0n) is 15.0. The van der Waals surface area contributed by atoms with Crippen molar-refractivity contribution in [2.24, 2.45) is 0 Å². The number of esters is 1. The van der Waals surface area contributed by atoms with Gasteiger partial charge in [-0.15, -0.1) is 0 Å². The molecule has 10 heteroatoms. The van der Waals surface area contributed by atoms with Gasteiger partial charge in [0, 0.05) is 24.3 Å². The number of nitrogens with zero attached hydrogens (tertiary/aromatic N) is 2. The minimum atomic E-state index is -1.17. The highest BCUT2D eigenvalue weighted by Crippen LogP contribution is 2.26. The van der Waals surface area contributed by atoms with Crippen LogP contribution in [-0.4, -0.2) is 27.9 Å². The number of para-hydroxylation sites is 2. The van der Waals surface area contributed by atoms with Gasteiger partial charge in [-0.3, -0.25) is 14.9 Å². The third-order valence-electron chi connectivity index (χ3n) is 3.75. The van der Waals surface area contributed by atoms with Crippen molar-refractivity contribution >= 4 is 52.0 Å². The molecule has 1 aromatic heterocycles. The fourth-order valence-corrected chi connectivity index (χ4v) is 2.49. The SMILES string of the molecule is CC(OC(=O)C=Cc1nc2ccccc2o1)C(=O)Nc1cc([N+](=O)[O-])ccc1Cl. The molecule has 148 valence electrons. The van der Waals surface area contributed by atoms with Gasteiger partial charge in [-0.25, -0.2) is 9.78 Å². The smallest absolute Gasteiger partial charge is 0.331 e. The third kappa shape index (κ3) is 4.96. The molecule has 1 N–H and O–H groups in total. The van der Waals surface area contributed by atoms with Gasteiger partial charge in [0.2, 0.25) is 5.89 Å². The lowest BCUT2D eigenvalue weighted by atomic mass is 10.2. The summed E-state index contributed by atoms with van der Waals surface area (Å²) in [4.78, 5) is 38.5. The number of nitrogens with one attached hydrogen (secondary N) is 1. The van der Waals surface area contributed by atoms with Gasteiger partial charge >= 0.3 is 5.97 Å². The number of amides is 1. The summed E-state index contributed by atoms with van der Waals surface area (Å²) in [5.41, 5.74) is 1.01. The number of halogens is 1. The minimum absolute atomic E-state index is 0.0378. The van der Waals surface area contributed by atoms with Gasteiger partial charge in [-0.2, -0.15) is 0 Å². The largest absolute Gasteiger partial charge is 0.449 e. The molecule has 29 heavy (non-hydrogen) atoms. The summed E-state index contributed by atoms with van der Waals surface area (Å²) in [5.74, 6) is -1.28. The monoisotopic (exact) mass is 415 g/mol. The predicted octanol–water partition coefficient (Wildman–Crippen LogP) is 3.97. The van der Waals surface area contributed by atoms with Crippen molar-refractivity contribution in [3.05, 3.63) is 69.6 Å². The number of benzene rings is 2. The number of hydrogen-bond donors (Lipinski definition) is 1. The molecule has 1 heterocycles. The van der Waals surface area contributed by atoms with E-state index in [4.69, 9.17) is 20.8 Å². The Balaban J connectivity index is 1.61. The molecule has 0 fully saturated rings. The van der Waals surface area contributed by atoms with E-state index in [1.807, 2.05) is 0 Å². The van der Waals surface area contributed by atoms with E-state index in [1.54, 1.807) is 24.3 Å². The van der Waals surface area contributed by atoms with Crippen LogP contribution in [0, 0.1) is 10.1 Å². The topological polar surface area (TPSA) is 125 Å². The number of aromatic nitrogens is 1. The highest BCUT2D eigenvalue weighted by atomic mass is 35.5. The minimum Gasteiger partial charge on any atom is -0.449 e. The van der Waals surface area contributed by atoms with E-state index in [-0.39, 0.29) is 22.3 Å². The third-order valence-corrected chi connectivity index (χ3v) is 4.08. The molecule has 0 saturated carbocycles. The van der Waals surface area contributed by atoms with Gasteiger partial charge in [-0.1, -0.05) is 23.7 Å². The highest BCUT2D eigenvalue weighted by Gasteiger charge is 2.19. The van der Waals surface area contributed by atoms with Crippen molar-refractivity contribution in [2.75, 3.05) is 5.32 Å². The van der Waals surface area contributed by atoms with Crippen LogP contribution in [0.1, 0.15) is 12.8 Å². The Morgan fingerprint density at radius 3 is 2.79 bits per heavy atom. The second kappa shape index (κ2) is 8.53. The molecule has 0 aliphatic carbocycles. The Bertz CT molecular complexity index is 1090. The van der Waals surface area contributed by atoms with E-state index >= 15 is 0 Å². The van der Waals surface area contributed by atoms with Gasteiger partial charge in [0.15, 0.2) is 11.7 Å². The van der Waals surface area contributed by atoms with Gasteiger partial charge in [0.25, 0.3) is 11.6 Å². The number of ether oxygens (including phenoxy) is 1. The van der Waals surface area contributed by atoms with Crippen LogP contribution in [0.3, 0.4) is 0 Å². The molecule has 0 aliphatic rings. The molecule has 0 saturated heterocycles. The second-order valence-corrected chi connectivity index (χ2v) is 6.25. The summed E-state index contributed by atoms with van der Waals surface area (Å²) in [6, 6.07) is 10.7. The lowest BCUT2D eigenvalue weighted by molar-refractivity contribution is -0.384. The van der Waals surface area contributed by atoms with Gasteiger partial charge < -0.3 is 14.5 Å². The molecule has 0 aliphatic heterocycles. The van der Waals surface area contributed by atoms with Crippen molar-refractivity contribution in [3.8, 4) is 0 Å². The Labute approximate surface area is 169 Å². The van der Waals surface area contributed by atoms with Crippen molar-refractivity contribution in [2.45, 2.75) is 13.0 Å². The Morgan fingerprint density at radius 1 is 1.31 bits per heavy atom. The van der Waals surface area contributed by atoms with E-state index < -0.39 is 22.9 Å². The van der Waals surface area contributed by atoms with Crippen LogP contribution >= 0.6 is 11.6 Å². The van der Waals surface area contributed by atoms with E-state index in [9.17, 15) is 19.7 Å². The van der Waals surface area contributed by atoms with Crippen LogP contribution in [0.5, 0.6) is 0 Å². The van der Waals surface area contributed by atoms with Crippen molar-refractivity contribution in [1.29, 1.82) is 0 Å². The molecule has 1 unspecified atom stereocenters. The maximum absolute atomic E-state index is 12.2. The number of carbonyl (C=O) groups is 2. The van der Waals surface area contributed by atoms with Crippen molar-refractivity contribution < 1.29 is 23.7 Å². The number of oxazole rings is 1. The highest BCUT2D eigenvalue weighted by molar-refractivity contribution is 6.33. The summed E-state index contributed by atoms with van der Waals surface area (Å²) in [7, 11) is 0. The van der Waals surface area contributed by atoms with E-state index in [0.717, 1.165) is 12.1 Å². The zero-order valence-corrected chi connectivity index (χ0v) is 15.8. The first kappa shape index (κ1) is 20.0. The number of rotatable bonds is 6. The molecule has 1 amide bonds. The maximum atomic E-state index is 12.2. The predicted molar refractivity (Wildman–Crippen MR) is 105 cm³/mol. The number of non-ortho nitro benzene ring substituents is 1. The van der Waals surface area contributed by atoms with Gasteiger partial charge in [0.05, 0.1) is 15.6 Å². The molecule has 2 aromatic carbocycles. The van der Waals surface area contributed by atoms with Crippen LogP contribution in [0.4, 0.5) is 11.4 Å². The molecule has 0 radical (unpaired) electrons. The number of carbonyl (C=O) groups excluding carboxylic acids is 2. The Hall–Kier alpha value is -3.72. The lowest BCUT2D eigenvalue weighted by Crippen LogP contribution is -2.29. The van der Waals surface area contributed by atoms with Gasteiger partial charge in [0.1, 0.15) is 5.52 Å². The Kier molecular flexibility index (Phi) is 5.89. The average Bonchev–Trinajstić information content (AvgIpc) is 3.10. The first-order chi connectivity index (χ1) is 13.8. The van der Waals surface area contributed by atoms with E-state index in [0.29, 0.717) is 11.1 Å². The first-order valence-corrected chi connectivity index (χ1v) is 8.70. The first-order valence-electron chi connectivity index (χ1n) is 8.32. The fourth-order valence-electron chi connectivity index (χ4n) is 2.32. The maximum Gasteiger partial charge on any atom is 0.331 e. The molecule has 0 bridgehead atoms. The van der Waals surface area contributed by atoms with Crippen molar-refractivity contribution in [3.63, 3.8) is 0 Å². The second-order valence-electron chi connectivity index (χ2n) is 5.84. The molecular weight excluding hydrogens is 402 g/mol. The summed E-state index contributed by atoms with van der Waals surface area (Å²) < 4.78 is 10.5. The van der Waals surface area contributed by atoms with Crippen LogP contribution in [0.15, 0.2) is 53.0 Å². The molecule has 3 aromatic rings. The normalized spacial score (nSPS) is 12.1. The van der Waals surface area contributed by atoms with Crippen LogP contribution in [-0.2, 0) is 14.3 Å². The quantitative estimate of drug-likeness (QED) is 0.279. The summed E-state index contributed by atoms with van der Waals surface area (Å²) in [6.45, 7) is 1.35. The lowest BCUT2D eigenvalue weighted by Gasteiger charge is -2.13. The number of hydrogen-bond acceptors (Lipinski definition) is 7. The van der Waals surface area contributed by atoms with Crippen molar-refractivity contribution in [1.82, 2.24) is 4.98 Å². The van der Waals surface area contributed by atoms with E-state index in [2.05, 4.69) is 10.3 Å². The molecule has 9 nitrogen and oxygen atoms in total. The van der Waals surface area contributed by atoms with E-state index in [1.165, 1.54) is 25.1 Å². The molecule has 1 atom stereocenters. The van der Waals surface area contributed by atoms with Crippen LogP contribution in [0.2, 0.25) is 5.02 Å². The van der Waals surface area contributed by atoms with Crippen LogP contribution in [0.25, 0.3) is 17.2 Å². The number of anilines is 1. The van der Waals surface area contributed by atoms with Crippen LogP contribution < -0.4 is 5.32 Å². The zero-order chi connectivity index (χ0) is 21.0.